The number of rotatable bonds is 5. The first kappa shape index (κ1) is 16.7. The van der Waals surface area contributed by atoms with Crippen LogP contribution in [0.4, 0.5) is 5.69 Å². The Balaban J connectivity index is 2.40. The summed E-state index contributed by atoms with van der Waals surface area (Å²) >= 11 is 0. The average Bonchev–Trinajstić information content (AvgIpc) is 2.59. The number of nitrogens with zero attached hydrogens (tertiary/aromatic N) is 1. The highest BCUT2D eigenvalue weighted by atomic mass is 16.6. The fourth-order valence-electron chi connectivity index (χ4n) is 2.08. The fraction of sp³-hybridized carbons (Fsp3) is 0.0588. The molecule has 2 aromatic carbocycles. The highest BCUT2D eigenvalue weighted by molar-refractivity contribution is 6.05. The lowest BCUT2D eigenvalue weighted by Gasteiger charge is -2.13. The van der Waals surface area contributed by atoms with Crippen molar-refractivity contribution >= 4 is 17.6 Å². The Hall–Kier alpha value is -3.66. The molecule has 0 heterocycles. The second-order valence-corrected chi connectivity index (χ2v) is 4.62. The van der Waals surface area contributed by atoms with Gasteiger partial charge in [-0.1, -0.05) is 42.3 Å². The molecule has 1 atom stereocenters. The number of hydrogen-bond acceptors (Lipinski definition) is 5. The van der Waals surface area contributed by atoms with Crippen LogP contribution < -0.4 is 0 Å². The van der Waals surface area contributed by atoms with Crippen LogP contribution in [0.5, 0.6) is 0 Å². The first-order valence-corrected chi connectivity index (χ1v) is 6.68. The van der Waals surface area contributed by atoms with Crippen LogP contribution in [0.1, 0.15) is 32.4 Å². The molecule has 7 nitrogen and oxygen atoms in total. The minimum absolute atomic E-state index is 0.437. The van der Waals surface area contributed by atoms with Crippen molar-refractivity contribution in [1.82, 2.24) is 0 Å². The third-order valence-electron chi connectivity index (χ3n) is 3.15. The molecule has 0 amide bonds. The molecule has 0 spiro atoms. The van der Waals surface area contributed by atoms with Gasteiger partial charge in [-0.3, -0.25) is 10.1 Å². The van der Waals surface area contributed by atoms with Crippen LogP contribution in [0.2, 0.25) is 0 Å². The minimum Gasteiger partial charge on any atom is -0.477 e. The number of carboxylic acid groups (broad SMARTS) is 1. The number of esters is 1. The van der Waals surface area contributed by atoms with Gasteiger partial charge >= 0.3 is 11.9 Å². The van der Waals surface area contributed by atoms with E-state index in [1.807, 2.05) is 0 Å². The first-order valence-electron chi connectivity index (χ1n) is 6.68. The Morgan fingerprint density at radius 1 is 1.17 bits per heavy atom. The Kier molecular flexibility index (Phi) is 4.92. The molecule has 0 aliphatic carbocycles. The van der Waals surface area contributed by atoms with Gasteiger partial charge in [0.1, 0.15) is 0 Å². The highest BCUT2D eigenvalue weighted by Gasteiger charge is 2.29. The van der Waals surface area contributed by atoms with Gasteiger partial charge in [0.15, 0.2) is 11.7 Å². The van der Waals surface area contributed by atoms with Crippen LogP contribution in [0.3, 0.4) is 0 Å². The second-order valence-electron chi connectivity index (χ2n) is 4.62. The van der Waals surface area contributed by atoms with Crippen molar-refractivity contribution in [1.29, 1.82) is 0 Å². The zero-order chi connectivity index (χ0) is 17.7. The third kappa shape index (κ3) is 3.39. The molecule has 0 aromatic heterocycles. The molecule has 1 unspecified atom stereocenters. The van der Waals surface area contributed by atoms with Crippen molar-refractivity contribution in [2.45, 2.75) is 6.10 Å². The summed E-state index contributed by atoms with van der Waals surface area (Å²) in [5.41, 5.74) is -1.35. The summed E-state index contributed by atoms with van der Waals surface area (Å²) in [5, 5.41) is 20.2. The fourth-order valence-corrected chi connectivity index (χ4v) is 2.08. The maximum atomic E-state index is 12.3. The largest absolute Gasteiger partial charge is 0.477 e. The van der Waals surface area contributed by atoms with E-state index in [-0.39, 0.29) is 0 Å². The van der Waals surface area contributed by atoms with E-state index in [9.17, 15) is 24.8 Å². The number of terminal acetylenes is 1. The molecular weight excluding hydrogens is 314 g/mol. The zero-order valence-electron chi connectivity index (χ0n) is 12.2. The summed E-state index contributed by atoms with van der Waals surface area (Å²) in [6, 6.07) is 11.8. The molecule has 0 bridgehead atoms. The van der Waals surface area contributed by atoms with Gasteiger partial charge in [0, 0.05) is 11.6 Å². The molecule has 0 fully saturated rings. The molecule has 1 N–H and O–H groups in total. The molecule has 2 aromatic rings. The van der Waals surface area contributed by atoms with Gasteiger partial charge in [0.25, 0.3) is 5.69 Å². The maximum absolute atomic E-state index is 12.3. The van der Waals surface area contributed by atoms with Crippen molar-refractivity contribution in [3.05, 3.63) is 75.3 Å². The number of aromatic carboxylic acids is 1. The predicted molar refractivity (Wildman–Crippen MR) is 83.5 cm³/mol. The van der Waals surface area contributed by atoms with E-state index in [0.29, 0.717) is 5.56 Å². The van der Waals surface area contributed by atoms with Crippen LogP contribution in [-0.2, 0) is 4.74 Å². The van der Waals surface area contributed by atoms with E-state index in [4.69, 9.17) is 11.2 Å². The number of carbonyl (C=O) groups is 2. The van der Waals surface area contributed by atoms with Gasteiger partial charge in [-0.2, -0.15) is 0 Å². The first-order chi connectivity index (χ1) is 11.5. The van der Waals surface area contributed by atoms with E-state index in [2.05, 4.69) is 5.92 Å². The lowest BCUT2D eigenvalue weighted by Crippen LogP contribution is -2.16. The Bertz CT molecular complexity index is 838. The van der Waals surface area contributed by atoms with E-state index in [0.717, 1.165) is 12.1 Å². The zero-order valence-corrected chi connectivity index (χ0v) is 12.2. The Morgan fingerprint density at radius 2 is 1.83 bits per heavy atom. The minimum atomic E-state index is -1.61. The summed E-state index contributed by atoms with van der Waals surface area (Å²) in [5.74, 6) is -0.377. The quantitative estimate of drug-likeness (QED) is 0.392. The topological polar surface area (TPSA) is 107 Å². The number of benzene rings is 2. The summed E-state index contributed by atoms with van der Waals surface area (Å²) in [6.45, 7) is 0. The standard InChI is InChI=1S/C17H11NO6/c1-2-14(11-7-4-3-5-8-11)24-17(21)12-9-6-10-13(18(22)23)15(12)16(19)20/h1,3-10,14H,(H,19,20). The van der Waals surface area contributed by atoms with Gasteiger partial charge in [0.2, 0.25) is 0 Å². The van der Waals surface area contributed by atoms with Crippen molar-refractivity contribution in [3.63, 3.8) is 0 Å². The lowest BCUT2D eigenvalue weighted by atomic mass is 10.1. The number of hydrogen-bond donors (Lipinski definition) is 1. The Labute approximate surface area is 136 Å². The molecule has 0 aliphatic rings. The number of nitro benzene ring substituents is 1. The normalized spacial score (nSPS) is 11.1. The van der Waals surface area contributed by atoms with Crippen molar-refractivity contribution in [2.75, 3.05) is 0 Å². The van der Waals surface area contributed by atoms with Crippen LogP contribution in [0, 0.1) is 22.5 Å². The molecule has 0 saturated carbocycles. The summed E-state index contributed by atoms with van der Waals surface area (Å²) in [4.78, 5) is 33.7. The van der Waals surface area contributed by atoms with Crippen LogP contribution in [0.15, 0.2) is 48.5 Å². The molecule has 120 valence electrons. The third-order valence-corrected chi connectivity index (χ3v) is 3.15. The summed E-state index contributed by atoms with van der Waals surface area (Å²) in [6.07, 6.45) is 4.31. The Morgan fingerprint density at radius 3 is 2.38 bits per heavy atom. The van der Waals surface area contributed by atoms with Crippen LogP contribution in [0.25, 0.3) is 0 Å². The van der Waals surface area contributed by atoms with Gasteiger partial charge in [-0.05, 0) is 6.07 Å². The predicted octanol–water partition coefficient (Wildman–Crippen LogP) is 2.82. The van der Waals surface area contributed by atoms with Crippen LogP contribution >= 0.6 is 0 Å². The van der Waals surface area contributed by atoms with E-state index in [1.165, 1.54) is 6.07 Å². The molecule has 24 heavy (non-hydrogen) atoms. The van der Waals surface area contributed by atoms with Gasteiger partial charge in [-0.15, -0.1) is 6.42 Å². The monoisotopic (exact) mass is 325 g/mol. The van der Waals surface area contributed by atoms with Crippen molar-refractivity contribution < 1.29 is 24.4 Å². The smallest absolute Gasteiger partial charge is 0.343 e. The van der Waals surface area contributed by atoms with Crippen LogP contribution in [-0.4, -0.2) is 22.0 Å². The van der Waals surface area contributed by atoms with Crippen molar-refractivity contribution in [3.8, 4) is 12.3 Å². The number of carbonyl (C=O) groups excluding carboxylic acids is 1. The van der Waals surface area contributed by atoms with Crippen molar-refractivity contribution in [2.24, 2.45) is 0 Å². The molecule has 0 saturated heterocycles. The summed E-state index contributed by atoms with van der Waals surface area (Å²) in [7, 11) is 0. The number of ether oxygens (including phenoxy) is 1. The molecule has 7 heteroatoms. The van der Waals surface area contributed by atoms with Gasteiger partial charge < -0.3 is 9.84 Å². The number of carboxylic acids is 1. The molecule has 0 aliphatic heterocycles. The molecule has 0 radical (unpaired) electrons. The molecule has 2 rings (SSSR count). The lowest BCUT2D eigenvalue weighted by molar-refractivity contribution is -0.385. The van der Waals surface area contributed by atoms with E-state index < -0.39 is 39.8 Å². The van der Waals surface area contributed by atoms with Gasteiger partial charge in [0.05, 0.1) is 10.5 Å². The maximum Gasteiger partial charge on any atom is 0.343 e. The summed E-state index contributed by atoms with van der Waals surface area (Å²) < 4.78 is 5.14. The second kappa shape index (κ2) is 7.07. The van der Waals surface area contributed by atoms with E-state index in [1.54, 1.807) is 30.3 Å². The average molecular weight is 325 g/mol. The molecular formula is C17H11NO6. The SMILES string of the molecule is C#CC(OC(=O)c1cccc([N+](=O)[O-])c1C(=O)O)c1ccccc1. The number of nitro groups is 1. The highest BCUT2D eigenvalue weighted by Crippen LogP contribution is 2.25. The van der Waals surface area contributed by atoms with Gasteiger partial charge in [-0.25, -0.2) is 9.59 Å². The van der Waals surface area contributed by atoms with E-state index >= 15 is 0 Å².